The lowest BCUT2D eigenvalue weighted by Crippen LogP contribution is -2.45. The summed E-state index contributed by atoms with van der Waals surface area (Å²) in [6, 6.07) is 14.6. The average molecular weight is 531 g/mol. The minimum absolute atomic E-state index is 0.0843. The van der Waals surface area contributed by atoms with Crippen molar-refractivity contribution >= 4 is 29.3 Å². The fourth-order valence-corrected chi connectivity index (χ4v) is 5.37. The largest absolute Gasteiger partial charge is 0.465 e. The maximum Gasteiger partial charge on any atom is 0.321 e. The number of Topliss-reactive ketones (excluding diaryl/α,β-unsaturated/α-hetero) is 3. The first-order valence-electron chi connectivity index (χ1n) is 13.2. The zero-order chi connectivity index (χ0) is 28.6. The Morgan fingerprint density at radius 1 is 0.795 bits per heavy atom. The molecule has 2 aromatic carbocycles. The lowest BCUT2D eigenvalue weighted by atomic mass is 9.68. The Morgan fingerprint density at radius 3 is 1.69 bits per heavy atom. The van der Waals surface area contributed by atoms with Crippen LogP contribution in [0.25, 0.3) is 0 Å². The van der Waals surface area contributed by atoms with Gasteiger partial charge in [-0.15, -0.1) is 12.3 Å². The molecular weight excluding hydrogens is 496 g/mol. The van der Waals surface area contributed by atoms with Gasteiger partial charge in [0.15, 0.2) is 11.6 Å². The number of ketones is 3. The molecule has 0 heterocycles. The van der Waals surface area contributed by atoms with Gasteiger partial charge in [-0.2, -0.15) is 0 Å². The molecule has 2 aliphatic carbocycles. The van der Waals surface area contributed by atoms with Crippen LogP contribution in [0.1, 0.15) is 78.3 Å². The molecule has 2 atom stereocenters. The molecule has 0 fully saturated rings. The highest BCUT2D eigenvalue weighted by Gasteiger charge is 2.51. The van der Waals surface area contributed by atoms with E-state index in [2.05, 4.69) is 5.92 Å². The monoisotopic (exact) mass is 530 g/mol. The van der Waals surface area contributed by atoms with Crippen molar-refractivity contribution < 1.29 is 33.4 Å². The Kier molecular flexibility index (Phi) is 9.58. The van der Waals surface area contributed by atoms with Gasteiger partial charge in [0, 0.05) is 24.0 Å². The van der Waals surface area contributed by atoms with Gasteiger partial charge in [0.2, 0.25) is 0 Å². The van der Waals surface area contributed by atoms with Gasteiger partial charge in [-0.3, -0.25) is 24.0 Å². The fourth-order valence-electron chi connectivity index (χ4n) is 5.37. The molecule has 0 aliphatic heterocycles. The second-order valence-electron chi connectivity index (χ2n) is 9.84. The van der Waals surface area contributed by atoms with Crippen LogP contribution in [0.3, 0.4) is 0 Å². The van der Waals surface area contributed by atoms with Gasteiger partial charge in [0.25, 0.3) is 0 Å². The van der Waals surface area contributed by atoms with E-state index < -0.39 is 22.8 Å². The molecular formula is C32H34O7. The van der Waals surface area contributed by atoms with Crippen molar-refractivity contribution in [1.82, 2.24) is 0 Å². The number of terminal acetylenes is 1. The van der Waals surface area contributed by atoms with Gasteiger partial charge >= 0.3 is 11.9 Å². The Labute approximate surface area is 229 Å². The Morgan fingerprint density at radius 2 is 1.23 bits per heavy atom. The Bertz CT molecular complexity index is 1320. The van der Waals surface area contributed by atoms with Crippen LogP contribution >= 0.6 is 0 Å². The summed E-state index contributed by atoms with van der Waals surface area (Å²) in [6.45, 7) is 5.27. The Balaban J connectivity index is 0.000000216. The van der Waals surface area contributed by atoms with Gasteiger partial charge in [0.1, 0.15) is 16.6 Å². The van der Waals surface area contributed by atoms with Crippen molar-refractivity contribution in [3.05, 3.63) is 70.8 Å². The Hall–Kier alpha value is -4.05. The fraction of sp³-hybridized carbons (Fsp3) is 0.406. The van der Waals surface area contributed by atoms with Gasteiger partial charge in [-0.25, -0.2) is 0 Å². The maximum atomic E-state index is 12.7. The molecule has 4 rings (SSSR count). The van der Waals surface area contributed by atoms with E-state index in [1.807, 2.05) is 24.3 Å². The lowest BCUT2D eigenvalue weighted by molar-refractivity contribution is -0.155. The number of aryl methyl sites for hydroxylation is 2. The molecule has 0 spiro atoms. The number of ether oxygens (including phenoxy) is 2. The number of rotatable bonds is 7. The van der Waals surface area contributed by atoms with Crippen molar-refractivity contribution in [1.29, 1.82) is 0 Å². The van der Waals surface area contributed by atoms with E-state index in [-0.39, 0.29) is 43.4 Å². The summed E-state index contributed by atoms with van der Waals surface area (Å²) in [5, 5.41) is 0. The topological polar surface area (TPSA) is 104 Å². The van der Waals surface area contributed by atoms with Crippen LogP contribution in [0.15, 0.2) is 48.5 Å². The third kappa shape index (κ3) is 5.85. The van der Waals surface area contributed by atoms with Crippen molar-refractivity contribution in [3.63, 3.8) is 0 Å². The summed E-state index contributed by atoms with van der Waals surface area (Å²) in [7, 11) is 0. The van der Waals surface area contributed by atoms with E-state index in [1.54, 1.807) is 38.1 Å². The zero-order valence-electron chi connectivity index (χ0n) is 22.7. The molecule has 7 nitrogen and oxygen atoms in total. The third-order valence-corrected chi connectivity index (χ3v) is 7.32. The first-order valence-corrected chi connectivity index (χ1v) is 13.2. The van der Waals surface area contributed by atoms with Crippen molar-refractivity contribution in [2.75, 3.05) is 13.2 Å². The van der Waals surface area contributed by atoms with Crippen LogP contribution in [0.5, 0.6) is 0 Å². The number of benzene rings is 2. The minimum Gasteiger partial charge on any atom is -0.465 e. The first-order chi connectivity index (χ1) is 18.7. The van der Waals surface area contributed by atoms with E-state index in [0.717, 1.165) is 11.1 Å². The summed E-state index contributed by atoms with van der Waals surface area (Å²) in [6.07, 6.45) is 7.39. The first kappa shape index (κ1) is 29.5. The van der Waals surface area contributed by atoms with Crippen molar-refractivity contribution in [2.45, 2.75) is 59.3 Å². The minimum atomic E-state index is -1.34. The smallest absolute Gasteiger partial charge is 0.321 e. The number of fused-ring (bicyclic) bond motifs is 2. The number of hydrogen-bond acceptors (Lipinski definition) is 7. The van der Waals surface area contributed by atoms with Crippen LogP contribution < -0.4 is 0 Å². The summed E-state index contributed by atoms with van der Waals surface area (Å²) in [5.74, 6) is 0.727. The average Bonchev–Trinajstić information content (AvgIpc) is 2.93. The van der Waals surface area contributed by atoms with Gasteiger partial charge in [-0.05, 0) is 57.6 Å². The summed E-state index contributed by atoms with van der Waals surface area (Å²) >= 11 is 0. The van der Waals surface area contributed by atoms with E-state index in [1.165, 1.54) is 6.92 Å². The molecule has 204 valence electrons. The number of hydrogen-bond donors (Lipinski definition) is 0. The number of esters is 2. The van der Waals surface area contributed by atoms with E-state index in [0.29, 0.717) is 36.8 Å². The standard InChI is InChI=1S/C16H18O4.C16H16O3/c1-3-20-15(19)16(10-11(2)17)9-8-12-6-4-5-7-13(12)14(16)18;1-3-10-16(15(18)19-4-2)11-9-12-7-5-6-8-13(12)14(16)17/h4-7H,3,8-10H2,1-2H3;1,5-8H,4,9-11H2,2H3/t2*16-/m00/s1. The maximum absolute atomic E-state index is 12.7. The van der Waals surface area contributed by atoms with Gasteiger partial charge < -0.3 is 9.47 Å². The number of carbonyl (C=O) groups excluding carboxylic acids is 5. The quantitative estimate of drug-likeness (QED) is 0.290. The van der Waals surface area contributed by atoms with E-state index in [4.69, 9.17) is 15.9 Å². The molecule has 0 bridgehead atoms. The summed E-state index contributed by atoms with van der Waals surface area (Å²) in [4.78, 5) is 61.4. The molecule has 0 amide bonds. The van der Waals surface area contributed by atoms with Crippen LogP contribution in [0.2, 0.25) is 0 Å². The summed E-state index contributed by atoms with van der Waals surface area (Å²) < 4.78 is 10.1. The zero-order valence-corrected chi connectivity index (χ0v) is 22.7. The highest BCUT2D eigenvalue weighted by Crippen LogP contribution is 2.40. The molecule has 0 N–H and O–H groups in total. The van der Waals surface area contributed by atoms with E-state index in [9.17, 15) is 24.0 Å². The molecule has 0 radical (unpaired) electrons. The van der Waals surface area contributed by atoms with Crippen molar-refractivity contribution in [2.24, 2.45) is 10.8 Å². The predicted octanol–water partition coefficient (Wildman–Crippen LogP) is 4.73. The normalized spacial score (nSPS) is 21.3. The van der Waals surface area contributed by atoms with Gasteiger partial charge in [-0.1, -0.05) is 48.5 Å². The molecule has 0 saturated carbocycles. The van der Waals surface area contributed by atoms with Crippen LogP contribution in [-0.2, 0) is 36.7 Å². The van der Waals surface area contributed by atoms with Crippen LogP contribution in [0.4, 0.5) is 0 Å². The molecule has 0 saturated heterocycles. The van der Waals surface area contributed by atoms with Gasteiger partial charge in [0.05, 0.1) is 13.2 Å². The van der Waals surface area contributed by atoms with E-state index >= 15 is 0 Å². The predicted molar refractivity (Wildman–Crippen MR) is 145 cm³/mol. The molecule has 7 heteroatoms. The highest BCUT2D eigenvalue weighted by molar-refractivity contribution is 6.16. The van der Waals surface area contributed by atoms with Crippen LogP contribution in [-0.4, -0.2) is 42.5 Å². The van der Waals surface area contributed by atoms with Crippen molar-refractivity contribution in [3.8, 4) is 12.3 Å². The molecule has 39 heavy (non-hydrogen) atoms. The molecule has 2 aliphatic rings. The number of carbonyl (C=O) groups is 5. The van der Waals surface area contributed by atoms with Crippen LogP contribution in [0, 0.1) is 23.2 Å². The second kappa shape index (κ2) is 12.7. The third-order valence-electron chi connectivity index (χ3n) is 7.32. The summed E-state index contributed by atoms with van der Waals surface area (Å²) in [5.41, 5.74) is 0.505. The second-order valence-corrected chi connectivity index (χ2v) is 9.84. The lowest BCUT2D eigenvalue weighted by Gasteiger charge is -2.33. The molecule has 0 aromatic heterocycles. The SMILES string of the molecule is C#CC[C@]1(C(=O)OCC)CCc2ccccc2C1=O.CCOC(=O)[C@]1(CC(C)=O)CCc2ccccc2C1=O. The molecule has 2 aromatic rings. The highest BCUT2D eigenvalue weighted by atomic mass is 16.5. The molecule has 0 unspecified atom stereocenters.